The normalized spacial score (nSPS) is 11.8. The first-order valence-electron chi connectivity index (χ1n) is 7.91. The lowest BCUT2D eigenvalue weighted by Crippen LogP contribution is -2.24. The fourth-order valence-electron chi connectivity index (χ4n) is 2.11. The first-order valence-corrected chi connectivity index (χ1v) is 8.79. The summed E-state index contributed by atoms with van der Waals surface area (Å²) in [6.07, 6.45) is 0.800. The highest BCUT2D eigenvalue weighted by molar-refractivity contribution is 8.00. The Balaban J connectivity index is 1.98. The molecule has 0 aliphatic rings. The van der Waals surface area contributed by atoms with Crippen LogP contribution in [0.15, 0.2) is 34.2 Å². The number of aromatic amines is 1. The van der Waals surface area contributed by atoms with Crippen molar-refractivity contribution in [2.24, 2.45) is 0 Å². The van der Waals surface area contributed by atoms with Crippen LogP contribution >= 0.6 is 11.8 Å². The maximum Gasteiger partial charge on any atom is 0.343 e. The van der Waals surface area contributed by atoms with E-state index in [-0.39, 0.29) is 17.5 Å². The molecule has 2 rings (SSSR count). The predicted octanol–water partition coefficient (Wildman–Crippen LogP) is 2.06. The molecule has 1 aromatic carbocycles. The molecule has 1 atom stereocenters. The number of anilines is 2. The van der Waals surface area contributed by atoms with E-state index >= 15 is 0 Å². The molecule has 1 unspecified atom stereocenters. The quantitative estimate of drug-likeness (QED) is 0.653. The van der Waals surface area contributed by atoms with E-state index in [1.165, 1.54) is 23.3 Å². The zero-order valence-electron chi connectivity index (χ0n) is 14.3. The number of nitrogens with one attached hydrogen (secondary N) is 3. The van der Waals surface area contributed by atoms with Gasteiger partial charge in [-0.15, -0.1) is 5.10 Å². The van der Waals surface area contributed by atoms with Crippen molar-refractivity contribution >= 4 is 35.0 Å². The second-order valence-corrected chi connectivity index (χ2v) is 6.78. The Morgan fingerprint density at radius 3 is 2.40 bits per heavy atom. The zero-order valence-corrected chi connectivity index (χ0v) is 15.1. The number of benzene rings is 1. The molecule has 2 aromatic rings. The number of hydrogen-bond donors (Lipinski definition) is 3. The number of hydrogen-bond acceptors (Lipinski definition) is 5. The molecule has 0 saturated carbocycles. The molecule has 8 nitrogen and oxygen atoms in total. The smallest absolute Gasteiger partial charge is 0.326 e. The van der Waals surface area contributed by atoms with E-state index in [0.717, 1.165) is 6.42 Å². The molecule has 25 heavy (non-hydrogen) atoms. The molecule has 0 saturated heterocycles. The van der Waals surface area contributed by atoms with E-state index in [4.69, 9.17) is 0 Å². The maximum atomic E-state index is 12.3. The van der Waals surface area contributed by atoms with E-state index in [9.17, 15) is 14.4 Å². The van der Waals surface area contributed by atoms with Gasteiger partial charge in [0.2, 0.25) is 11.8 Å². The summed E-state index contributed by atoms with van der Waals surface area (Å²) in [6.45, 7) is 5.70. The third-order valence-corrected chi connectivity index (χ3v) is 4.38. The van der Waals surface area contributed by atoms with Crippen LogP contribution in [0.5, 0.6) is 0 Å². The molecular formula is C16H21N5O3S. The van der Waals surface area contributed by atoms with E-state index in [1.807, 2.05) is 6.92 Å². The fourth-order valence-corrected chi connectivity index (χ4v) is 2.99. The van der Waals surface area contributed by atoms with Crippen molar-refractivity contribution in [3.63, 3.8) is 0 Å². The SMILES string of the molecule is CCCn1c(SC(C)C(=O)Nc2ccc(NC(C)=O)cc2)n[nH]c1=O. The van der Waals surface area contributed by atoms with E-state index in [2.05, 4.69) is 20.8 Å². The van der Waals surface area contributed by atoms with Crippen LogP contribution in [-0.4, -0.2) is 31.8 Å². The van der Waals surface area contributed by atoms with Gasteiger partial charge >= 0.3 is 5.69 Å². The highest BCUT2D eigenvalue weighted by Gasteiger charge is 2.19. The summed E-state index contributed by atoms with van der Waals surface area (Å²) in [5.41, 5.74) is 1.01. The molecule has 0 bridgehead atoms. The van der Waals surface area contributed by atoms with Gasteiger partial charge in [0.15, 0.2) is 5.16 Å². The summed E-state index contributed by atoms with van der Waals surface area (Å²) >= 11 is 1.22. The van der Waals surface area contributed by atoms with Crippen molar-refractivity contribution < 1.29 is 9.59 Å². The summed E-state index contributed by atoms with van der Waals surface area (Å²) in [5.74, 6) is -0.352. The van der Waals surface area contributed by atoms with Gasteiger partial charge in [-0.2, -0.15) is 0 Å². The number of nitrogens with zero attached hydrogens (tertiary/aromatic N) is 2. The average Bonchev–Trinajstić information content (AvgIpc) is 2.90. The molecule has 0 fully saturated rings. The highest BCUT2D eigenvalue weighted by Crippen LogP contribution is 2.22. The molecule has 134 valence electrons. The van der Waals surface area contributed by atoms with E-state index in [1.54, 1.807) is 31.2 Å². The van der Waals surface area contributed by atoms with Crippen LogP contribution < -0.4 is 16.3 Å². The Morgan fingerprint density at radius 2 is 1.84 bits per heavy atom. The Hall–Kier alpha value is -2.55. The number of carbonyl (C=O) groups excluding carboxylic acids is 2. The van der Waals surface area contributed by atoms with Gasteiger partial charge in [0.1, 0.15) is 0 Å². The van der Waals surface area contributed by atoms with Crippen molar-refractivity contribution in [1.29, 1.82) is 0 Å². The summed E-state index contributed by atoms with van der Waals surface area (Å²) in [5, 5.41) is 11.9. The summed E-state index contributed by atoms with van der Waals surface area (Å²) < 4.78 is 1.52. The number of H-pyrrole nitrogens is 1. The number of thioether (sulfide) groups is 1. The highest BCUT2D eigenvalue weighted by atomic mass is 32.2. The molecule has 0 spiro atoms. The Morgan fingerprint density at radius 1 is 1.24 bits per heavy atom. The van der Waals surface area contributed by atoms with Crippen molar-refractivity contribution in [2.75, 3.05) is 10.6 Å². The average molecular weight is 363 g/mol. The third-order valence-electron chi connectivity index (χ3n) is 3.29. The number of rotatable bonds is 7. The molecular weight excluding hydrogens is 342 g/mol. The number of amides is 2. The minimum absolute atomic E-state index is 0.154. The monoisotopic (exact) mass is 363 g/mol. The largest absolute Gasteiger partial charge is 0.343 e. The number of aromatic nitrogens is 3. The first kappa shape index (κ1) is 18.8. The minimum atomic E-state index is -0.430. The standard InChI is InChI=1S/C16H21N5O3S/c1-4-9-21-15(24)19-20-16(21)25-10(2)14(23)18-13-7-5-12(6-8-13)17-11(3)22/h5-8,10H,4,9H2,1-3H3,(H,17,22)(H,18,23)(H,19,24). The Bertz CT molecular complexity index is 797. The lowest BCUT2D eigenvalue weighted by atomic mass is 10.2. The molecule has 0 aliphatic carbocycles. The third kappa shape index (κ3) is 5.21. The second kappa shape index (κ2) is 8.52. The van der Waals surface area contributed by atoms with Gasteiger partial charge < -0.3 is 10.6 Å². The topological polar surface area (TPSA) is 109 Å². The Labute approximate surface area is 149 Å². The van der Waals surface area contributed by atoms with Crippen LogP contribution in [0.3, 0.4) is 0 Å². The molecule has 0 radical (unpaired) electrons. The molecule has 0 aliphatic heterocycles. The van der Waals surface area contributed by atoms with Crippen LogP contribution in [0.2, 0.25) is 0 Å². The van der Waals surface area contributed by atoms with Crippen molar-refractivity contribution in [2.45, 2.75) is 44.1 Å². The second-order valence-electron chi connectivity index (χ2n) is 5.47. The molecule has 2 amide bonds. The van der Waals surface area contributed by atoms with E-state index in [0.29, 0.717) is 23.1 Å². The van der Waals surface area contributed by atoms with Gasteiger partial charge in [0, 0.05) is 24.8 Å². The number of carbonyl (C=O) groups is 2. The Kier molecular flexibility index (Phi) is 6.40. The van der Waals surface area contributed by atoms with Gasteiger partial charge in [-0.25, -0.2) is 9.89 Å². The summed E-state index contributed by atoms with van der Waals surface area (Å²) in [7, 11) is 0. The summed E-state index contributed by atoms with van der Waals surface area (Å²) in [6, 6.07) is 6.84. The van der Waals surface area contributed by atoms with Gasteiger partial charge in [0.25, 0.3) is 0 Å². The fraction of sp³-hybridized carbons (Fsp3) is 0.375. The lowest BCUT2D eigenvalue weighted by Gasteiger charge is -2.12. The maximum absolute atomic E-state index is 12.3. The molecule has 3 N–H and O–H groups in total. The van der Waals surface area contributed by atoms with Crippen LogP contribution in [0.1, 0.15) is 27.2 Å². The van der Waals surface area contributed by atoms with Crippen LogP contribution in [0.4, 0.5) is 11.4 Å². The van der Waals surface area contributed by atoms with Crippen LogP contribution in [-0.2, 0) is 16.1 Å². The zero-order chi connectivity index (χ0) is 18.4. The van der Waals surface area contributed by atoms with Gasteiger partial charge in [-0.05, 0) is 37.6 Å². The van der Waals surface area contributed by atoms with Gasteiger partial charge in [-0.3, -0.25) is 14.2 Å². The van der Waals surface area contributed by atoms with Crippen molar-refractivity contribution in [1.82, 2.24) is 14.8 Å². The minimum Gasteiger partial charge on any atom is -0.326 e. The molecule has 9 heteroatoms. The van der Waals surface area contributed by atoms with Crippen LogP contribution in [0.25, 0.3) is 0 Å². The predicted molar refractivity (Wildman–Crippen MR) is 97.8 cm³/mol. The summed E-state index contributed by atoms with van der Waals surface area (Å²) in [4.78, 5) is 35.0. The lowest BCUT2D eigenvalue weighted by molar-refractivity contribution is -0.115. The van der Waals surface area contributed by atoms with Gasteiger partial charge in [0.05, 0.1) is 5.25 Å². The van der Waals surface area contributed by atoms with Crippen molar-refractivity contribution in [3.8, 4) is 0 Å². The van der Waals surface area contributed by atoms with Crippen LogP contribution in [0, 0.1) is 0 Å². The van der Waals surface area contributed by atoms with Gasteiger partial charge in [-0.1, -0.05) is 18.7 Å². The molecule has 1 heterocycles. The molecule has 1 aromatic heterocycles. The van der Waals surface area contributed by atoms with E-state index < -0.39 is 5.25 Å². The first-order chi connectivity index (χ1) is 11.9. The van der Waals surface area contributed by atoms with Crippen molar-refractivity contribution in [3.05, 3.63) is 34.7 Å².